The second-order valence-corrected chi connectivity index (χ2v) is 5.36. The van der Waals surface area contributed by atoms with Crippen molar-refractivity contribution in [2.45, 2.75) is 26.4 Å². The molecule has 0 fully saturated rings. The molecular weight excluding hydrogens is 278 g/mol. The van der Waals surface area contributed by atoms with Gasteiger partial charge in [-0.25, -0.2) is 0 Å². The number of ether oxygens (including phenoxy) is 1. The van der Waals surface area contributed by atoms with Crippen molar-refractivity contribution in [2.24, 2.45) is 0 Å². The monoisotopic (exact) mass is 299 g/mol. The van der Waals surface area contributed by atoms with Crippen molar-refractivity contribution >= 4 is 5.97 Å². The Hall–Kier alpha value is -2.33. The summed E-state index contributed by atoms with van der Waals surface area (Å²) in [4.78, 5) is 11.5. The zero-order valence-electron chi connectivity index (χ0n) is 13.1. The van der Waals surface area contributed by atoms with Gasteiger partial charge in [0.1, 0.15) is 11.8 Å². The average Bonchev–Trinajstić information content (AvgIpc) is 2.51. The van der Waals surface area contributed by atoms with E-state index in [2.05, 4.69) is 23.5 Å². The molecule has 2 rings (SSSR count). The molecule has 4 heteroatoms. The van der Waals surface area contributed by atoms with Gasteiger partial charge in [0.15, 0.2) is 0 Å². The van der Waals surface area contributed by atoms with E-state index in [-0.39, 0.29) is 0 Å². The molecule has 0 spiro atoms. The van der Waals surface area contributed by atoms with Crippen LogP contribution in [0.25, 0.3) is 0 Å². The molecular formula is C18H21NO3. The minimum atomic E-state index is -0.893. The molecule has 0 saturated heterocycles. The lowest BCUT2D eigenvalue weighted by atomic mass is 10.0. The lowest BCUT2D eigenvalue weighted by Gasteiger charge is -2.16. The minimum absolute atomic E-state index is 0.510. The molecule has 1 atom stereocenters. The first-order valence-electron chi connectivity index (χ1n) is 7.17. The van der Waals surface area contributed by atoms with Gasteiger partial charge >= 0.3 is 5.97 Å². The van der Waals surface area contributed by atoms with E-state index in [9.17, 15) is 9.90 Å². The van der Waals surface area contributed by atoms with Gasteiger partial charge in [0.25, 0.3) is 0 Å². The Balaban J connectivity index is 2.15. The molecule has 0 aliphatic heterocycles. The lowest BCUT2D eigenvalue weighted by molar-refractivity contribution is -0.139. The van der Waals surface area contributed by atoms with Crippen LogP contribution in [0.4, 0.5) is 0 Å². The largest absolute Gasteiger partial charge is 0.497 e. The first-order chi connectivity index (χ1) is 10.5. The summed E-state index contributed by atoms with van der Waals surface area (Å²) < 4.78 is 5.10. The predicted molar refractivity (Wildman–Crippen MR) is 86.1 cm³/mol. The highest BCUT2D eigenvalue weighted by molar-refractivity contribution is 5.75. The summed E-state index contributed by atoms with van der Waals surface area (Å²) in [5.41, 5.74) is 4.13. The highest BCUT2D eigenvalue weighted by Gasteiger charge is 2.19. The van der Waals surface area contributed by atoms with Crippen LogP contribution < -0.4 is 10.1 Å². The number of carboxylic acids is 1. The number of carbonyl (C=O) groups is 1. The fraction of sp³-hybridized carbons (Fsp3) is 0.278. The third-order valence-corrected chi connectivity index (χ3v) is 3.70. The second-order valence-electron chi connectivity index (χ2n) is 5.36. The summed E-state index contributed by atoms with van der Waals surface area (Å²) in [6, 6.07) is 12.5. The van der Waals surface area contributed by atoms with Crippen LogP contribution in [0.1, 0.15) is 28.3 Å². The summed E-state index contributed by atoms with van der Waals surface area (Å²) in [7, 11) is 1.59. The Morgan fingerprint density at radius 3 is 2.45 bits per heavy atom. The van der Waals surface area contributed by atoms with Gasteiger partial charge in [0.05, 0.1) is 7.11 Å². The number of rotatable bonds is 6. The SMILES string of the molecule is COc1ccc(C(NCc2cc(C)ccc2C)C(=O)O)cc1. The van der Waals surface area contributed by atoms with E-state index >= 15 is 0 Å². The number of benzene rings is 2. The molecule has 0 aliphatic rings. The van der Waals surface area contributed by atoms with Crippen LogP contribution in [0.15, 0.2) is 42.5 Å². The molecule has 0 radical (unpaired) electrons. The van der Waals surface area contributed by atoms with E-state index in [0.717, 1.165) is 11.1 Å². The van der Waals surface area contributed by atoms with Gasteiger partial charge in [0.2, 0.25) is 0 Å². The number of nitrogens with one attached hydrogen (secondary N) is 1. The van der Waals surface area contributed by atoms with Crippen LogP contribution in [0.3, 0.4) is 0 Å². The van der Waals surface area contributed by atoms with Gasteiger partial charge in [-0.15, -0.1) is 0 Å². The molecule has 2 N–H and O–H groups in total. The summed E-state index contributed by atoms with van der Waals surface area (Å²) in [5.74, 6) is -0.183. The fourth-order valence-corrected chi connectivity index (χ4v) is 2.35. The highest BCUT2D eigenvalue weighted by Crippen LogP contribution is 2.19. The van der Waals surface area contributed by atoms with E-state index in [4.69, 9.17) is 4.74 Å². The molecule has 2 aromatic rings. The van der Waals surface area contributed by atoms with Crippen molar-refractivity contribution < 1.29 is 14.6 Å². The Morgan fingerprint density at radius 2 is 1.86 bits per heavy atom. The van der Waals surface area contributed by atoms with E-state index in [1.54, 1.807) is 31.4 Å². The van der Waals surface area contributed by atoms with E-state index in [0.29, 0.717) is 17.9 Å². The standard InChI is InChI=1S/C18H21NO3/c1-12-4-5-13(2)15(10-12)11-19-17(18(20)21)14-6-8-16(22-3)9-7-14/h4-10,17,19H,11H2,1-3H3,(H,20,21). The first kappa shape index (κ1) is 16.0. The van der Waals surface area contributed by atoms with Crippen molar-refractivity contribution in [3.63, 3.8) is 0 Å². The highest BCUT2D eigenvalue weighted by atomic mass is 16.5. The summed E-state index contributed by atoms with van der Waals surface area (Å²) in [6.07, 6.45) is 0. The van der Waals surface area contributed by atoms with Crippen LogP contribution in [-0.2, 0) is 11.3 Å². The smallest absolute Gasteiger partial charge is 0.325 e. The zero-order valence-corrected chi connectivity index (χ0v) is 13.1. The van der Waals surface area contributed by atoms with Crippen molar-refractivity contribution in [1.82, 2.24) is 5.32 Å². The summed E-state index contributed by atoms with van der Waals surface area (Å²) in [6.45, 7) is 4.57. The third-order valence-electron chi connectivity index (χ3n) is 3.70. The third kappa shape index (κ3) is 3.86. The number of carboxylic acid groups (broad SMARTS) is 1. The maximum Gasteiger partial charge on any atom is 0.325 e. The molecule has 0 amide bonds. The Bertz CT molecular complexity index is 650. The van der Waals surface area contributed by atoms with Gasteiger partial charge in [-0.1, -0.05) is 35.9 Å². The molecule has 1 unspecified atom stereocenters. The summed E-state index contributed by atoms with van der Waals surface area (Å²) in [5, 5.41) is 12.6. The normalized spacial score (nSPS) is 12.0. The van der Waals surface area contributed by atoms with Crippen molar-refractivity contribution in [2.75, 3.05) is 7.11 Å². The Labute approximate surface area is 130 Å². The molecule has 0 saturated carbocycles. The molecule has 0 aromatic heterocycles. The molecule has 0 heterocycles. The van der Waals surface area contributed by atoms with Crippen LogP contribution in [0.2, 0.25) is 0 Å². The maximum absolute atomic E-state index is 11.5. The number of hydrogen-bond acceptors (Lipinski definition) is 3. The molecule has 0 bridgehead atoms. The Kier molecular flexibility index (Phi) is 5.17. The van der Waals surface area contributed by atoms with Crippen molar-refractivity contribution in [3.8, 4) is 5.75 Å². The second kappa shape index (κ2) is 7.09. The number of aryl methyl sites for hydroxylation is 2. The van der Waals surface area contributed by atoms with Crippen LogP contribution in [0.5, 0.6) is 5.75 Å². The van der Waals surface area contributed by atoms with E-state index < -0.39 is 12.0 Å². The van der Waals surface area contributed by atoms with Gasteiger partial charge < -0.3 is 9.84 Å². The fourth-order valence-electron chi connectivity index (χ4n) is 2.35. The van der Waals surface area contributed by atoms with Crippen molar-refractivity contribution in [1.29, 1.82) is 0 Å². The lowest BCUT2D eigenvalue weighted by Crippen LogP contribution is -2.28. The number of aliphatic carboxylic acids is 1. The molecule has 2 aromatic carbocycles. The Morgan fingerprint density at radius 1 is 1.18 bits per heavy atom. The minimum Gasteiger partial charge on any atom is -0.497 e. The number of methoxy groups -OCH3 is 1. The topological polar surface area (TPSA) is 58.6 Å². The quantitative estimate of drug-likeness (QED) is 0.860. The van der Waals surface area contributed by atoms with Crippen LogP contribution >= 0.6 is 0 Å². The van der Waals surface area contributed by atoms with Crippen molar-refractivity contribution in [3.05, 3.63) is 64.7 Å². The van der Waals surface area contributed by atoms with Crippen LogP contribution in [-0.4, -0.2) is 18.2 Å². The predicted octanol–water partition coefficient (Wildman–Crippen LogP) is 3.23. The zero-order chi connectivity index (χ0) is 16.1. The van der Waals surface area contributed by atoms with E-state index in [1.807, 2.05) is 13.8 Å². The van der Waals surface area contributed by atoms with Gasteiger partial charge in [-0.2, -0.15) is 0 Å². The van der Waals surface area contributed by atoms with E-state index in [1.165, 1.54) is 5.56 Å². The average molecular weight is 299 g/mol. The first-order valence-corrected chi connectivity index (χ1v) is 7.17. The van der Waals surface area contributed by atoms with Gasteiger partial charge in [-0.05, 0) is 42.7 Å². The molecule has 116 valence electrons. The molecule has 22 heavy (non-hydrogen) atoms. The van der Waals surface area contributed by atoms with Gasteiger partial charge in [0, 0.05) is 6.54 Å². The van der Waals surface area contributed by atoms with Crippen LogP contribution in [0, 0.1) is 13.8 Å². The molecule has 4 nitrogen and oxygen atoms in total. The number of hydrogen-bond donors (Lipinski definition) is 2. The molecule has 0 aliphatic carbocycles. The summed E-state index contributed by atoms with van der Waals surface area (Å²) >= 11 is 0. The maximum atomic E-state index is 11.5. The van der Waals surface area contributed by atoms with Gasteiger partial charge in [-0.3, -0.25) is 10.1 Å².